The summed E-state index contributed by atoms with van der Waals surface area (Å²) in [4.78, 5) is 17.1. The van der Waals surface area contributed by atoms with Crippen molar-refractivity contribution < 1.29 is 19.0 Å². The lowest BCUT2D eigenvalue weighted by Gasteiger charge is -2.57. The Morgan fingerprint density at radius 1 is 1.05 bits per heavy atom. The number of nitriles is 1. The van der Waals surface area contributed by atoms with Crippen LogP contribution in [0.15, 0.2) is 53.6 Å². The standard InChI is InChI=1S/C35H39N5O4/c1-22-10-27(20-42-2)30(18-36)34(38-22)40-37-19-23-4-9-31(32(14-23)43-3)44-21-33(41)39-29-7-5-28(6-8-29)35-15-24-11-25(16-35)13-26(12-24)17-35/h4-10,14,19,24-26H,11-13,15-17,20-21H2,1-3H3,(H,38,40)(H,39,41)/b37-19+. The van der Waals surface area contributed by atoms with Gasteiger partial charge in [-0.1, -0.05) is 12.1 Å². The van der Waals surface area contributed by atoms with Gasteiger partial charge in [-0.05, 0) is 116 Å². The van der Waals surface area contributed by atoms with Crippen LogP contribution >= 0.6 is 0 Å². The third kappa shape index (κ3) is 6.27. The molecule has 9 heteroatoms. The molecule has 44 heavy (non-hydrogen) atoms. The van der Waals surface area contributed by atoms with Crippen LogP contribution in [-0.2, 0) is 21.6 Å². The van der Waals surface area contributed by atoms with E-state index in [0.717, 1.165) is 40.3 Å². The number of benzene rings is 2. The number of aryl methyl sites for hydroxylation is 1. The van der Waals surface area contributed by atoms with Crippen molar-refractivity contribution in [3.63, 3.8) is 0 Å². The Bertz CT molecular complexity index is 1560. The van der Waals surface area contributed by atoms with Crippen LogP contribution in [-0.4, -0.2) is 37.9 Å². The predicted octanol–water partition coefficient (Wildman–Crippen LogP) is 6.35. The second-order valence-corrected chi connectivity index (χ2v) is 12.6. The second-order valence-electron chi connectivity index (χ2n) is 12.6. The van der Waals surface area contributed by atoms with E-state index in [0.29, 0.717) is 34.9 Å². The van der Waals surface area contributed by atoms with Crippen LogP contribution in [0.2, 0.25) is 0 Å². The summed E-state index contributed by atoms with van der Waals surface area (Å²) in [5, 5.41) is 16.8. The van der Waals surface area contributed by atoms with Crippen LogP contribution in [0, 0.1) is 36.0 Å². The molecule has 4 fully saturated rings. The first-order valence-corrected chi connectivity index (χ1v) is 15.3. The van der Waals surface area contributed by atoms with Crippen LogP contribution < -0.4 is 20.2 Å². The van der Waals surface area contributed by atoms with Gasteiger partial charge in [-0.25, -0.2) is 4.98 Å². The molecule has 1 heterocycles. The van der Waals surface area contributed by atoms with Crippen molar-refractivity contribution in [2.75, 3.05) is 31.6 Å². The summed E-state index contributed by atoms with van der Waals surface area (Å²) in [5.74, 6) is 3.73. The summed E-state index contributed by atoms with van der Waals surface area (Å²) in [6.07, 6.45) is 9.84. The van der Waals surface area contributed by atoms with Crippen molar-refractivity contribution in [1.29, 1.82) is 5.26 Å². The van der Waals surface area contributed by atoms with Crippen LogP contribution in [0.5, 0.6) is 11.5 Å². The van der Waals surface area contributed by atoms with Crippen LogP contribution in [0.25, 0.3) is 0 Å². The van der Waals surface area contributed by atoms with Crippen molar-refractivity contribution in [1.82, 2.24) is 4.98 Å². The van der Waals surface area contributed by atoms with Crippen molar-refractivity contribution in [3.05, 3.63) is 76.5 Å². The number of ether oxygens (including phenoxy) is 3. The van der Waals surface area contributed by atoms with Gasteiger partial charge in [0.1, 0.15) is 11.6 Å². The topological polar surface area (TPSA) is 118 Å². The molecule has 228 valence electrons. The molecule has 1 amide bonds. The van der Waals surface area contributed by atoms with E-state index >= 15 is 0 Å². The molecule has 4 aliphatic rings. The summed E-state index contributed by atoms with van der Waals surface area (Å²) in [6, 6.07) is 17.8. The first kappa shape index (κ1) is 29.6. The highest BCUT2D eigenvalue weighted by atomic mass is 16.5. The number of hydrazone groups is 1. The fourth-order valence-electron chi connectivity index (χ4n) is 7.98. The largest absolute Gasteiger partial charge is 0.493 e. The molecule has 2 N–H and O–H groups in total. The molecule has 0 spiro atoms. The molecular weight excluding hydrogens is 554 g/mol. The third-order valence-electron chi connectivity index (χ3n) is 9.39. The van der Waals surface area contributed by atoms with Gasteiger partial charge in [0.25, 0.3) is 5.91 Å². The minimum Gasteiger partial charge on any atom is -0.493 e. The molecule has 0 saturated heterocycles. The lowest BCUT2D eigenvalue weighted by molar-refractivity contribution is -0.118. The van der Waals surface area contributed by atoms with Crippen molar-refractivity contribution in [2.45, 2.75) is 57.5 Å². The molecule has 0 unspecified atom stereocenters. The number of aromatic nitrogens is 1. The third-order valence-corrected chi connectivity index (χ3v) is 9.39. The Labute approximate surface area is 258 Å². The average Bonchev–Trinajstić information content (AvgIpc) is 3.00. The minimum absolute atomic E-state index is 0.151. The maximum atomic E-state index is 12.7. The number of hydrogen-bond donors (Lipinski definition) is 2. The minimum atomic E-state index is -0.240. The van der Waals surface area contributed by atoms with Gasteiger partial charge >= 0.3 is 0 Å². The number of carbonyl (C=O) groups excluding carboxylic acids is 1. The van der Waals surface area contributed by atoms with Gasteiger partial charge in [0, 0.05) is 24.1 Å². The zero-order valence-corrected chi connectivity index (χ0v) is 25.6. The predicted molar refractivity (Wildman–Crippen MR) is 169 cm³/mol. The van der Waals surface area contributed by atoms with Crippen molar-refractivity contribution in [3.8, 4) is 17.6 Å². The molecule has 4 saturated carbocycles. The molecule has 3 aromatic rings. The number of amides is 1. The van der Waals surface area contributed by atoms with Gasteiger partial charge in [-0.15, -0.1) is 0 Å². The maximum absolute atomic E-state index is 12.7. The number of anilines is 2. The van der Waals surface area contributed by atoms with Crippen molar-refractivity contribution in [2.24, 2.45) is 22.9 Å². The molecule has 2 aromatic carbocycles. The lowest BCUT2D eigenvalue weighted by Crippen LogP contribution is -2.48. The monoisotopic (exact) mass is 593 g/mol. The van der Waals surface area contributed by atoms with E-state index in [1.54, 1.807) is 38.6 Å². The average molecular weight is 594 g/mol. The highest BCUT2D eigenvalue weighted by Crippen LogP contribution is 2.60. The Hall–Kier alpha value is -4.42. The van der Waals surface area contributed by atoms with E-state index in [1.165, 1.54) is 44.1 Å². The molecule has 7 rings (SSSR count). The van der Waals surface area contributed by atoms with Gasteiger partial charge in [-0.3, -0.25) is 10.2 Å². The van der Waals surface area contributed by atoms with Gasteiger partial charge in [0.05, 0.1) is 19.9 Å². The number of nitrogens with one attached hydrogen (secondary N) is 2. The molecular formula is C35H39N5O4. The zero-order chi connectivity index (χ0) is 30.7. The maximum Gasteiger partial charge on any atom is 0.262 e. The molecule has 0 atom stereocenters. The number of methoxy groups -OCH3 is 2. The van der Waals surface area contributed by atoms with Crippen LogP contribution in [0.4, 0.5) is 11.5 Å². The number of pyridine rings is 1. The fourth-order valence-corrected chi connectivity index (χ4v) is 7.98. The Kier molecular flexibility index (Phi) is 8.53. The van der Waals surface area contributed by atoms with Gasteiger partial charge in [0.2, 0.25) is 0 Å². The Morgan fingerprint density at radius 3 is 2.39 bits per heavy atom. The van der Waals surface area contributed by atoms with E-state index in [1.807, 2.05) is 25.1 Å². The zero-order valence-electron chi connectivity index (χ0n) is 25.6. The van der Waals surface area contributed by atoms with Gasteiger partial charge in [0.15, 0.2) is 23.9 Å². The highest BCUT2D eigenvalue weighted by molar-refractivity contribution is 5.92. The number of carbonyl (C=O) groups is 1. The SMILES string of the molecule is COCc1cc(C)nc(N/N=C/c2ccc(OCC(=O)Nc3ccc(C45CC6CC(CC(C6)C4)C5)cc3)c(OC)c2)c1C#N. The van der Waals surface area contributed by atoms with Crippen LogP contribution in [0.1, 0.15) is 66.5 Å². The molecule has 0 radical (unpaired) electrons. The summed E-state index contributed by atoms with van der Waals surface area (Å²) >= 11 is 0. The quantitative estimate of drug-likeness (QED) is 0.197. The smallest absolute Gasteiger partial charge is 0.262 e. The van der Waals surface area contributed by atoms with E-state index < -0.39 is 0 Å². The summed E-state index contributed by atoms with van der Waals surface area (Å²) in [5.41, 5.74) is 8.01. The Morgan fingerprint density at radius 2 is 1.75 bits per heavy atom. The number of hydrogen-bond acceptors (Lipinski definition) is 8. The molecule has 9 nitrogen and oxygen atoms in total. The van der Waals surface area contributed by atoms with Gasteiger partial charge < -0.3 is 19.5 Å². The fraction of sp³-hybridized carbons (Fsp3) is 0.429. The molecule has 4 bridgehead atoms. The van der Waals surface area contributed by atoms with E-state index in [4.69, 9.17) is 14.2 Å². The van der Waals surface area contributed by atoms with E-state index in [2.05, 4.69) is 39.0 Å². The second kappa shape index (κ2) is 12.7. The van der Waals surface area contributed by atoms with E-state index in [-0.39, 0.29) is 12.5 Å². The number of nitrogens with zero attached hydrogens (tertiary/aromatic N) is 3. The summed E-state index contributed by atoms with van der Waals surface area (Å²) in [7, 11) is 3.12. The highest BCUT2D eigenvalue weighted by Gasteiger charge is 2.51. The molecule has 1 aromatic heterocycles. The number of rotatable bonds is 11. The van der Waals surface area contributed by atoms with Crippen molar-refractivity contribution >= 4 is 23.6 Å². The van der Waals surface area contributed by atoms with E-state index in [9.17, 15) is 10.1 Å². The molecule has 4 aliphatic carbocycles. The summed E-state index contributed by atoms with van der Waals surface area (Å²) < 4.78 is 16.5. The van der Waals surface area contributed by atoms with Gasteiger partial charge in [-0.2, -0.15) is 10.4 Å². The Balaban J connectivity index is 1.04. The first-order valence-electron chi connectivity index (χ1n) is 15.3. The normalized spacial score (nSPS) is 23.4. The molecule has 0 aliphatic heterocycles. The summed E-state index contributed by atoms with van der Waals surface area (Å²) in [6.45, 7) is 2.00. The van der Waals surface area contributed by atoms with Crippen LogP contribution in [0.3, 0.4) is 0 Å². The first-order chi connectivity index (χ1) is 21.4. The lowest BCUT2D eigenvalue weighted by atomic mass is 9.48.